The summed E-state index contributed by atoms with van der Waals surface area (Å²) in [6, 6.07) is 3.85. The van der Waals surface area contributed by atoms with Crippen molar-refractivity contribution >= 4 is 5.69 Å². The van der Waals surface area contributed by atoms with Crippen LogP contribution in [0.4, 0.5) is 5.69 Å². The zero-order valence-corrected chi connectivity index (χ0v) is 9.31. The van der Waals surface area contributed by atoms with Gasteiger partial charge in [0.1, 0.15) is 0 Å². The molecule has 0 unspecified atom stereocenters. The van der Waals surface area contributed by atoms with E-state index in [1.807, 2.05) is 19.1 Å². The second kappa shape index (κ2) is 4.06. The highest BCUT2D eigenvalue weighted by Crippen LogP contribution is 2.15. The number of aromatic nitrogens is 1. The summed E-state index contributed by atoms with van der Waals surface area (Å²) in [7, 11) is 2.14. The van der Waals surface area contributed by atoms with E-state index in [1.165, 1.54) is 0 Å². The van der Waals surface area contributed by atoms with Crippen molar-refractivity contribution in [2.75, 3.05) is 38.1 Å². The van der Waals surface area contributed by atoms with Crippen molar-refractivity contribution in [2.45, 2.75) is 6.92 Å². The van der Waals surface area contributed by atoms with Gasteiger partial charge in [-0.3, -0.25) is 0 Å². The first-order chi connectivity index (χ1) is 7.16. The summed E-state index contributed by atoms with van der Waals surface area (Å²) in [5, 5.41) is 11.2. The Bertz CT molecular complexity index is 346. The van der Waals surface area contributed by atoms with Crippen molar-refractivity contribution in [1.29, 1.82) is 0 Å². The fourth-order valence-electron chi connectivity index (χ4n) is 1.85. The summed E-state index contributed by atoms with van der Waals surface area (Å²) >= 11 is 0. The highest BCUT2D eigenvalue weighted by molar-refractivity contribution is 5.45. The van der Waals surface area contributed by atoms with E-state index in [9.17, 15) is 5.21 Å². The molecule has 4 heteroatoms. The Morgan fingerprint density at radius 2 is 1.93 bits per heavy atom. The Kier molecular flexibility index (Phi) is 2.77. The van der Waals surface area contributed by atoms with E-state index >= 15 is 0 Å². The first kappa shape index (κ1) is 10.2. The van der Waals surface area contributed by atoms with Gasteiger partial charge in [-0.1, -0.05) is 0 Å². The van der Waals surface area contributed by atoms with Crippen molar-refractivity contribution in [1.82, 2.24) is 4.90 Å². The van der Waals surface area contributed by atoms with Crippen LogP contribution in [0.15, 0.2) is 18.3 Å². The standard InChI is InChI=1S/C11H17N3O/c1-10-9-11(3-4-14(10)15)13-7-5-12(2)6-8-13/h3-4,9H,5-8H2,1-2H3. The minimum Gasteiger partial charge on any atom is -0.619 e. The van der Waals surface area contributed by atoms with Crippen molar-refractivity contribution < 1.29 is 4.73 Å². The molecule has 2 heterocycles. The molecule has 0 spiro atoms. The lowest BCUT2D eigenvalue weighted by Gasteiger charge is -2.33. The zero-order valence-electron chi connectivity index (χ0n) is 9.31. The minimum atomic E-state index is 0.756. The van der Waals surface area contributed by atoms with Crippen LogP contribution in [-0.4, -0.2) is 38.1 Å². The van der Waals surface area contributed by atoms with Gasteiger partial charge in [0, 0.05) is 50.9 Å². The molecular weight excluding hydrogens is 190 g/mol. The van der Waals surface area contributed by atoms with E-state index in [-0.39, 0.29) is 0 Å². The molecular formula is C11H17N3O. The van der Waals surface area contributed by atoms with Gasteiger partial charge in [-0.25, -0.2) is 0 Å². The van der Waals surface area contributed by atoms with E-state index in [2.05, 4.69) is 16.8 Å². The average Bonchev–Trinajstić information content (AvgIpc) is 2.23. The van der Waals surface area contributed by atoms with E-state index < -0.39 is 0 Å². The molecule has 0 bridgehead atoms. The number of aryl methyl sites for hydroxylation is 1. The molecule has 0 aromatic carbocycles. The van der Waals surface area contributed by atoms with Gasteiger partial charge in [-0.05, 0) is 7.05 Å². The van der Waals surface area contributed by atoms with E-state index in [0.29, 0.717) is 0 Å². The van der Waals surface area contributed by atoms with Crippen LogP contribution in [0.5, 0.6) is 0 Å². The molecule has 0 atom stereocenters. The summed E-state index contributed by atoms with van der Waals surface area (Å²) in [4.78, 5) is 4.65. The van der Waals surface area contributed by atoms with Crippen LogP contribution in [0.25, 0.3) is 0 Å². The molecule has 1 aliphatic rings. The largest absolute Gasteiger partial charge is 0.619 e. The minimum absolute atomic E-state index is 0.756. The SMILES string of the molecule is Cc1cc(N2CCN(C)CC2)cc[n+]1[O-]. The summed E-state index contributed by atoms with van der Waals surface area (Å²) in [5.41, 5.74) is 1.92. The van der Waals surface area contributed by atoms with Gasteiger partial charge >= 0.3 is 0 Å². The molecule has 0 aliphatic carbocycles. The number of rotatable bonds is 1. The molecule has 0 radical (unpaired) electrons. The maximum absolute atomic E-state index is 11.2. The highest BCUT2D eigenvalue weighted by atomic mass is 16.5. The third kappa shape index (κ3) is 2.21. The number of pyridine rings is 1. The van der Waals surface area contributed by atoms with Gasteiger partial charge in [-0.15, -0.1) is 0 Å². The average molecular weight is 207 g/mol. The molecule has 1 aliphatic heterocycles. The van der Waals surface area contributed by atoms with Gasteiger partial charge in [0.2, 0.25) is 0 Å². The Balaban J connectivity index is 2.12. The Labute approximate surface area is 90.3 Å². The lowest BCUT2D eigenvalue weighted by atomic mass is 10.2. The van der Waals surface area contributed by atoms with E-state index in [0.717, 1.165) is 42.3 Å². The molecule has 0 saturated carbocycles. The fourth-order valence-corrected chi connectivity index (χ4v) is 1.85. The molecule has 82 valence electrons. The fraction of sp³-hybridized carbons (Fsp3) is 0.545. The Morgan fingerprint density at radius 1 is 1.27 bits per heavy atom. The van der Waals surface area contributed by atoms with Crippen LogP contribution in [0.1, 0.15) is 5.69 Å². The van der Waals surface area contributed by atoms with Gasteiger partial charge in [0.25, 0.3) is 0 Å². The number of piperazine rings is 1. The van der Waals surface area contributed by atoms with Crippen molar-refractivity contribution in [3.8, 4) is 0 Å². The summed E-state index contributed by atoms with van der Waals surface area (Å²) < 4.78 is 0.902. The van der Waals surface area contributed by atoms with Crippen molar-refractivity contribution in [3.05, 3.63) is 29.2 Å². The number of anilines is 1. The quantitative estimate of drug-likeness (QED) is 0.493. The number of hydrogen-bond acceptors (Lipinski definition) is 3. The van der Waals surface area contributed by atoms with E-state index in [4.69, 9.17) is 0 Å². The van der Waals surface area contributed by atoms with Crippen molar-refractivity contribution in [2.24, 2.45) is 0 Å². The van der Waals surface area contributed by atoms with Gasteiger partial charge < -0.3 is 15.0 Å². The third-order valence-electron chi connectivity index (χ3n) is 2.95. The van der Waals surface area contributed by atoms with Crippen LogP contribution < -0.4 is 9.63 Å². The predicted molar refractivity (Wildman–Crippen MR) is 59.8 cm³/mol. The van der Waals surface area contributed by atoms with Gasteiger partial charge in [0.05, 0.1) is 0 Å². The lowest BCUT2D eigenvalue weighted by molar-refractivity contribution is -0.612. The third-order valence-corrected chi connectivity index (χ3v) is 2.95. The molecule has 0 amide bonds. The normalized spacial score (nSPS) is 18.1. The lowest BCUT2D eigenvalue weighted by Crippen LogP contribution is -2.44. The smallest absolute Gasteiger partial charge is 0.191 e. The van der Waals surface area contributed by atoms with Crippen LogP contribution in [-0.2, 0) is 0 Å². The molecule has 1 fully saturated rings. The molecule has 1 saturated heterocycles. The maximum Gasteiger partial charge on any atom is 0.191 e. The first-order valence-corrected chi connectivity index (χ1v) is 5.30. The topological polar surface area (TPSA) is 33.4 Å². The summed E-state index contributed by atoms with van der Waals surface area (Å²) in [6.45, 7) is 6.10. The second-order valence-electron chi connectivity index (χ2n) is 4.14. The highest BCUT2D eigenvalue weighted by Gasteiger charge is 2.15. The summed E-state index contributed by atoms with van der Waals surface area (Å²) in [5.74, 6) is 0. The monoisotopic (exact) mass is 207 g/mol. The van der Waals surface area contributed by atoms with Crippen LogP contribution in [0.3, 0.4) is 0 Å². The summed E-state index contributed by atoms with van der Waals surface area (Å²) in [6.07, 6.45) is 1.59. The molecule has 1 aromatic heterocycles. The molecule has 2 rings (SSSR count). The molecule has 15 heavy (non-hydrogen) atoms. The number of likely N-dealkylation sites (N-methyl/N-ethyl adjacent to an activating group) is 1. The molecule has 4 nitrogen and oxygen atoms in total. The van der Waals surface area contributed by atoms with Crippen LogP contribution in [0.2, 0.25) is 0 Å². The van der Waals surface area contributed by atoms with Crippen LogP contribution in [0, 0.1) is 12.1 Å². The zero-order chi connectivity index (χ0) is 10.8. The maximum atomic E-state index is 11.2. The number of hydrogen-bond donors (Lipinski definition) is 0. The molecule has 1 aromatic rings. The van der Waals surface area contributed by atoms with Crippen molar-refractivity contribution in [3.63, 3.8) is 0 Å². The first-order valence-electron chi connectivity index (χ1n) is 5.30. The predicted octanol–water partition coefficient (Wildman–Crippen LogP) is 0.380. The second-order valence-corrected chi connectivity index (χ2v) is 4.14. The Hall–Kier alpha value is -1.29. The molecule has 0 N–H and O–H groups in total. The Morgan fingerprint density at radius 3 is 2.53 bits per heavy atom. The van der Waals surface area contributed by atoms with Crippen LogP contribution >= 0.6 is 0 Å². The van der Waals surface area contributed by atoms with Gasteiger partial charge in [-0.2, -0.15) is 4.73 Å². The van der Waals surface area contributed by atoms with Gasteiger partial charge in [0.15, 0.2) is 11.9 Å². The number of nitrogens with zero attached hydrogens (tertiary/aromatic N) is 3. The van der Waals surface area contributed by atoms with E-state index in [1.54, 1.807) is 6.20 Å².